The average Bonchev–Trinajstić information content (AvgIpc) is 3.42. The van der Waals surface area contributed by atoms with Gasteiger partial charge in [-0.2, -0.15) is 0 Å². The van der Waals surface area contributed by atoms with Crippen molar-refractivity contribution in [1.29, 1.82) is 0 Å². The third kappa shape index (κ3) is 2.93. The van der Waals surface area contributed by atoms with Gasteiger partial charge in [-0.1, -0.05) is 42.5 Å². The van der Waals surface area contributed by atoms with Gasteiger partial charge in [0.15, 0.2) is 0 Å². The van der Waals surface area contributed by atoms with Crippen LogP contribution in [0, 0.1) is 11.8 Å². The normalized spacial score (nSPS) is 26.5. The maximum absolute atomic E-state index is 12.9. The van der Waals surface area contributed by atoms with Crippen molar-refractivity contribution in [1.82, 2.24) is 10.2 Å². The monoisotopic (exact) mass is 322 g/mol. The van der Waals surface area contributed by atoms with Crippen LogP contribution < -0.4 is 5.32 Å². The quantitative estimate of drug-likeness (QED) is 0.936. The molecule has 24 heavy (non-hydrogen) atoms. The topological polar surface area (TPSA) is 32.3 Å². The van der Waals surface area contributed by atoms with Gasteiger partial charge in [0.2, 0.25) is 5.91 Å². The molecule has 1 amide bonds. The number of likely N-dealkylation sites (tertiary alicyclic amines) is 1. The summed E-state index contributed by atoms with van der Waals surface area (Å²) in [5.74, 6) is 1.61. The van der Waals surface area contributed by atoms with E-state index in [2.05, 4.69) is 52.7 Å². The second-order valence-corrected chi connectivity index (χ2v) is 7.37. The Bertz CT molecular complexity index is 734. The zero-order chi connectivity index (χ0) is 16.5. The Labute approximate surface area is 144 Å². The lowest BCUT2D eigenvalue weighted by Crippen LogP contribution is -2.43. The molecule has 3 unspecified atom stereocenters. The standard InChI is InChI=1S/C21H26N2O/c1-22-13-15-6-5-11-23(14-15)21(24)20-12-19(20)18-10-4-8-16-7-2-3-9-17(16)18/h2-4,7-10,15,19-20,22H,5-6,11-14H2,1H3. The lowest BCUT2D eigenvalue weighted by molar-refractivity contribution is -0.134. The Balaban J connectivity index is 1.48. The first-order chi connectivity index (χ1) is 11.8. The summed E-state index contributed by atoms with van der Waals surface area (Å²) >= 11 is 0. The number of hydrogen-bond donors (Lipinski definition) is 1. The Morgan fingerprint density at radius 1 is 1.21 bits per heavy atom. The van der Waals surface area contributed by atoms with Gasteiger partial charge in [-0.3, -0.25) is 4.79 Å². The molecule has 2 aromatic carbocycles. The Morgan fingerprint density at radius 2 is 2.04 bits per heavy atom. The minimum atomic E-state index is 0.198. The van der Waals surface area contributed by atoms with E-state index in [1.54, 1.807) is 0 Å². The molecule has 3 heteroatoms. The molecular weight excluding hydrogens is 296 g/mol. The SMILES string of the molecule is CNCC1CCCN(C(=O)C2CC2c2cccc3ccccc23)C1. The Hall–Kier alpha value is -1.87. The molecule has 1 saturated carbocycles. The first-order valence-electron chi connectivity index (χ1n) is 9.19. The van der Waals surface area contributed by atoms with E-state index >= 15 is 0 Å². The second kappa shape index (κ2) is 6.56. The van der Waals surface area contributed by atoms with Crippen LogP contribution in [0.4, 0.5) is 0 Å². The molecule has 1 aliphatic heterocycles. The van der Waals surface area contributed by atoms with Crippen LogP contribution in [0.15, 0.2) is 42.5 Å². The molecule has 0 aromatic heterocycles. The predicted molar refractivity (Wildman–Crippen MR) is 98.0 cm³/mol. The average molecular weight is 322 g/mol. The lowest BCUT2D eigenvalue weighted by atomic mass is 9.97. The molecule has 3 atom stereocenters. The third-order valence-corrected chi connectivity index (χ3v) is 5.65. The molecule has 0 radical (unpaired) electrons. The van der Waals surface area contributed by atoms with Crippen LogP contribution in [-0.4, -0.2) is 37.5 Å². The number of nitrogens with zero attached hydrogens (tertiary/aromatic N) is 1. The van der Waals surface area contributed by atoms with E-state index in [1.165, 1.54) is 22.8 Å². The second-order valence-electron chi connectivity index (χ2n) is 7.37. The Kier molecular flexibility index (Phi) is 4.28. The van der Waals surface area contributed by atoms with Crippen LogP contribution >= 0.6 is 0 Å². The van der Waals surface area contributed by atoms with E-state index in [0.717, 1.165) is 32.5 Å². The molecule has 126 valence electrons. The fourth-order valence-electron chi connectivity index (χ4n) is 4.34. The first-order valence-corrected chi connectivity index (χ1v) is 9.19. The summed E-state index contributed by atoms with van der Waals surface area (Å²) in [4.78, 5) is 15.1. The minimum Gasteiger partial charge on any atom is -0.342 e. The summed E-state index contributed by atoms with van der Waals surface area (Å²) in [5.41, 5.74) is 1.36. The summed E-state index contributed by atoms with van der Waals surface area (Å²) in [6, 6.07) is 15.0. The first kappa shape index (κ1) is 15.6. The number of carbonyl (C=O) groups excluding carboxylic acids is 1. The highest BCUT2D eigenvalue weighted by Crippen LogP contribution is 2.50. The van der Waals surface area contributed by atoms with Crippen molar-refractivity contribution < 1.29 is 4.79 Å². The summed E-state index contributed by atoms with van der Waals surface area (Å²) in [5, 5.41) is 5.85. The number of benzene rings is 2. The van der Waals surface area contributed by atoms with Crippen LogP contribution in [0.1, 0.15) is 30.7 Å². The van der Waals surface area contributed by atoms with Gasteiger partial charge >= 0.3 is 0 Å². The van der Waals surface area contributed by atoms with E-state index in [-0.39, 0.29) is 5.92 Å². The molecule has 0 spiro atoms. The van der Waals surface area contributed by atoms with Crippen molar-refractivity contribution in [3.8, 4) is 0 Å². The van der Waals surface area contributed by atoms with Gasteiger partial charge in [0, 0.05) is 19.0 Å². The zero-order valence-corrected chi connectivity index (χ0v) is 14.4. The van der Waals surface area contributed by atoms with Gasteiger partial charge in [0.05, 0.1) is 0 Å². The number of rotatable bonds is 4. The summed E-state index contributed by atoms with van der Waals surface area (Å²) in [7, 11) is 2.00. The summed E-state index contributed by atoms with van der Waals surface area (Å²) < 4.78 is 0. The van der Waals surface area contributed by atoms with Crippen molar-refractivity contribution >= 4 is 16.7 Å². The summed E-state index contributed by atoms with van der Waals surface area (Å²) in [6.45, 7) is 2.89. The number of fused-ring (bicyclic) bond motifs is 1. The van der Waals surface area contributed by atoms with E-state index in [1.807, 2.05) is 7.05 Å². The highest BCUT2D eigenvalue weighted by molar-refractivity contribution is 5.89. The van der Waals surface area contributed by atoms with Gasteiger partial charge in [-0.15, -0.1) is 0 Å². The molecule has 0 bridgehead atoms. The van der Waals surface area contributed by atoms with Crippen molar-refractivity contribution in [2.24, 2.45) is 11.8 Å². The van der Waals surface area contributed by atoms with Crippen molar-refractivity contribution in [2.75, 3.05) is 26.7 Å². The third-order valence-electron chi connectivity index (χ3n) is 5.65. The molecule has 3 nitrogen and oxygen atoms in total. The molecule has 2 aromatic rings. The van der Waals surface area contributed by atoms with Crippen LogP contribution in [0.25, 0.3) is 10.8 Å². The van der Waals surface area contributed by atoms with E-state index in [9.17, 15) is 4.79 Å². The van der Waals surface area contributed by atoms with Gasteiger partial charge in [-0.25, -0.2) is 0 Å². The van der Waals surface area contributed by atoms with E-state index < -0.39 is 0 Å². The molecule has 2 aliphatic rings. The minimum absolute atomic E-state index is 0.198. The molecule has 1 N–H and O–H groups in total. The Morgan fingerprint density at radius 3 is 2.92 bits per heavy atom. The fourth-order valence-corrected chi connectivity index (χ4v) is 4.34. The van der Waals surface area contributed by atoms with Crippen molar-refractivity contribution in [3.05, 3.63) is 48.0 Å². The van der Waals surface area contributed by atoms with Crippen LogP contribution in [0.2, 0.25) is 0 Å². The molecule has 1 heterocycles. The fraction of sp³-hybridized carbons (Fsp3) is 0.476. The highest BCUT2D eigenvalue weighted by Gasteiger charge is 2.46. The van der Waals surface area contributed by atoms with E-state index in [4.69, 9.17) is 0 Å². The molecule has 2 fully saturated rings. The van der Waals surface area contributed by atoms with Crippen LogP contribution in [0.5, 0.6) is 0 Å². The van der Waals surface area contributed by atoms with Crippen LogP contribution in [-0.2, 0) is 4.79 Å². The highest BCUT2D eigenvalue weighted by atomic mass is 16.2. The molecule has 1 aliphatic carbocycles. The maximum atomic E-state index is 12.9. The smallest absolute Gasteiger partial charge is 0.226 e. The number of amides is 1. The zero-order valence-electron chi connectivity index (χ0n) is 14.4. The maximum Gasteiger partial charge on any atom is 0.226 e. The molecular formula is C21H26N2O. The van der Waals surface area contributed by atoms with Gasteiger partial charge in [0.1, 0.15) is 0 Å². The lowest BCUT2D eigenvalue weighted by Gasteiger charge is -2.33. The number of nitrogens with one attached hydrogen (secondary N) is 1. The van der Waals surface area contributed by atoms with Crippen molar-refractivity contribution in [2.45, 2.75) is 25.2 Å². The largest absolute Gasteiger partial charge is 0.342 e. The number of carbonyl (C=O) groups is 1. The van der Waals surface area contributed by atoms with Gasteiger partial charge < -0.3 is 10.2 Å². The van der Waals surface area contributed by atoms with Crippen LogP contribution in [0.3, 0.4) is 0 Å². The predicted octanol–water partition coefficient (Wildman–Crippen LogP) is 3.40. The van der Waals surface area contributed by atoms with Crippen molar-refractivity contribution in [3.63, 3.8) is 0 Å². The van der Waals surface area contributed by atoms with E-state index in [0.29, 0.717) is 17.7 Å². The number of piperidine rings is 1. The molecule has 4 rings (SSSR count). The van der Waals surface area contributed by atoms with Gasteiger partial charge in [0.25, 0.3) is 0 Å². The summed E-state index contributed by atoms with van der Waals surface area (Å²) in [6.07, 6.45) is 3.39. The van der Waals surface area contributed by atoms with Gasteiger partial charge in [-0.05, 0) is 61.0 Å². The number of hydrogen-bond acceptors (Lipinski definition) is 2. The molecule has 1 saturated heterocycles.